The number of hydrogen-bond acceptors (Lipinski definition) is 7. The summed E-state index contributed by atoms with van der Waals surface area (Å²) in [4.78, 5) is 66.4. The lowest BCUT2D eigenvalue weighted by molar-refractivity contribution is -0.143. The number of nitrogens with zero attached hydrogens (tertiary/aromatic N) is 1. The van der Waals surface area contributed by atoms with Crippen LogP contribution in [-0.2, 0) is 30.4 Å². The van der Waals surface area contributed by atoms with E-state index in [0.717, 1.165) is 0 Å². The first kappa shape index (κ1) is 26.6. The van der Waals surface area contributed by atoms with Gasteiger partial charge in [0.25, 0.3) is 0 Å². The number of nitrogens with one attached hydrogen (secondary N) is 4. The Bertz CT molecular complexity index is 811. The van der Waals surface area contributed by atoms with E-state index in [-0.39, 0.29) is 18.8 Å². The van der Waals surface area contributed by atoms with E-state index >= 15 is 0 Å². The Morgan fingerprint density at radius 3 is 2.16 bits per heavy atom. The van der Waals surface area contributed by atoms with Crippen molar-refractivity contribution >= 4 is 29.6 Å². The molecule has 13 heteroatoms. The van der Waals surface area contributed by atoms with Crippen LogP contribution in [0.2, 0.25) is 0 Å². The highest BCUT2D eigenvalue weighted by atomic mass is 16.4. The molecule has 1 aromatic rings. The molecule has 178 valence electrons. The van der Waals surface area contributed by atoms with Gasteiger partial charge in [0.2, 0.25) is 23.6 Å². The summed E-state index contributed by atoms with van der Waals surface area (Å²) in [5, 5.41) is 16.4. The van der Waals surface area contributed by atoms with Gasteiger partial charge >= 0.3 is 5.97 Å². The summed E-state index contributed by atoms with van der Waals surface area (Å²) in [5.41, 5.74) is 11.5. The van der Waals surface area contributed by atoms with Gasteiger partial charge in [-0.05, 0) is 19.3 Å². The minimum Gasteiger partial charge on any atom is -0.480 e. The largest absolute Gasteiger partial charge is 0.480 e. The topological polar surface area (TPSA) is 222 Å². The number of hydrogen-bond donors (Lipinski definition) is 7. The molecule has 4 unspecified atom stereocenters. The molecule has 0 aliphatic heterocycles. The van der Waals surface area contributed by atoms with Gasteiger partial charge in [-0.2, -0.15) is 0 Å². The molecule has 0 radical (unpaired) electrons. The summed E-state index contributed by atoms with van der Waals surface area (Å²) >= 11 is 0. The fourth-order valence-corrected chi connectivity index (χ4v) is 2.79. The number of primary amides is 1. The van der Waals surface area contributed by atoms with Crippen LogP contribution in [0.15, 0.2) is 12.5 Å². The average molecular weight is 454 g/mol. The van der Waals surface area contributed by atoms with Gasteiger partial charge in [-0.15, -0.1) is 0 Å². The summed E-state index contributed by atoms with van der Waals surface area (Å²) in [6.45, 7) is 5.04. The summed E-state index contributed by atoms with van der Waals surface area (Å²) < 4.78 is 0. The number of carboxylic acid groups (broad SMARTS) is 1. The van der Waals surface area contributed by atoms with Crippen LogP contribution in [0.3, 0.4) is 0 Å². The smallest absolute Gasteiger partial charge is 0.326 e. The molecule has 0 aliphatic carbocycles. The molecule has 0 aromatic carbocycles. The standard InChI is InChI=1S/C19H31N7O6/c1-9(2)4-13(18(30)26-14(19(31)32)6-15(21)27)25-16(28)10(3)24-17(29)12(20)5-11-7-22-8-23-11/h7-10,12-14H,4-6,20H2,1-3H3,(H2,21,27)(H,22,23)(H,24,29)(H,25,28)(H,26,30)(H,31,32). The molecular weight excluding hydrogens is 422 g/mol. The van der Waals surface area contributed by atoms with E-state index in [9.17, 15) is 29.1 Å². The number of amides is 4. The third-order valence-electron chi connectivity index (χ3n) is 4.44. The number of aliphatic carboxylic acids is 1. The molecule has 13 nitrogen and oxygen atoms in total. The molecule has 0 saturated carbocycles. The van der Waals surface area contributed by atoms with Crippen molar-refractivity contribution in [3.8, 4) is 0 Å². The van der Waals surface area contributed by atoms with Crippen LogP contribution in [0.4, 0.5) is 0 Å². The molecule has 32 heavy (non-hydrogen) atoms. The van der Waals surface area contributed by atoms with Crippen LogP contribution in [0.25, 0.3) is 0 Å². The highest BCUT2D eigenvalue weighted by Gasteiger charge is 2.30. The highest BCUT2D eigenvalue weighted by Crippen LogP contribution is 2.07. The van der Waals surface area contributed by atoms with Crippen molar-refractivity contribution in [2.75, 3.05) is 0 Å². The first-order valence-electron chi connectivity index (χ1n) is 10.1. The minimum atomic E-state index is -1.52. The van der Waals surface area contributed by atoms with Crippen molar-refractivity contribution in [1.82, 2.24) is 25.9 Å². The molecule has 9 N–H and O–H groups in total. The monoisotopic (exact) mass is 453 g/mol. The van der Waals surface area contributed by atoms with E-state index in [0.29, 0.717) is 5.69 Å². The molecule has 1 aromatic heterocycles. The van der Waals surface area contributed by atoms with Crippen molar-refractivity contribution in [1.29, 1.82) is 0 Å². The molecule has 1 heterocycles. The van der Waals surface area contributed by atoms with E-state index in [4.69, 9.17) is 11.5 Å². The van der Waals surface area contributed by atoms with Gasteiger partial charge in [0.1, 0.15) is 18.1 Å². The SMILES string of the molecule is CC(C)CC(NC(=O)C(C)NC(=O)C(N)Cc1cnc[nH]1)C(=O)NC(CC(N)=O)C(=O)O. The zero-order valence-corrected chi connectivity index (χ0v) is 18.3. The van der Waals surface area contributed by atoms with E-state index in [1.807, 2.05) is 13.8 Å². The van der Waals surface area contributed by atoms with E-state index in [1.165, 1.54) is 19.4 Å². The van der Waals surface area contributed by atoms with Crippen LogP contribution in [0, 0.1) is 5.92 Å². The second-order valence-corrected chi connectivity index (χ2v) is 7.88. The normalized spacial score (nSPS) is 14.7. The third-order valence-corrected chi connectivity index (χ3v) is 4.44. The number of carbonyl (C=O) groups excluding carboxylic acids is 4. The number of aromatic nitrogens is 2. The number of aromatic amines is 1. The van der Waals surface area contributed by atoms with Gasteiger partial charge in [-0.3, -0.25) is 19.2 Å². The lowest BCUT2D eigenvalue weighted by Crippen LogP contribution is -2.57. The van der Waals surface area contributed by atoms with Gasteiger partial charge in [0.15, 0.2) is 0 Å². The number of rotatable bonds is 13. The van der Waals surface area contributed by atoms with Crippen molar-refractivity contribution in [3.63, 3.8) is 0 Å². The van der Waals surface area contributed by atoms with Crippen molar-refractivity contribution in [2.45, 2.75) is 64.2 Å². The fraction of sp³-hybridized carbons (Fsp3) is 0.579. The van der Waals surface area contributed by atoms with Crippen molar-refractivity contribution in [2.24, 2.45) is 17.4 Å². The summed E-state index contributed by atoms with van der Waals surface area (Å²) in [6.07, 6.45) is 2.77. The van der Waals surface area contributed by atoms with Gasteiger partial charge in [-0.1, -0.05) is 13.8 Å². The number of carbonyl (C=O) groups is 5. The Balaban J connectivity index is 2.74. The fourth-order valence-electron chi connectivity index (χ4n) is 2.79. The van der Waals surface area contributed by atoms with Gasteiger partial charge in [0, 0.05) is 18.3 Å². The maximum atomic E-state index is 12.6. The van der Waals surface area contributed by atoms with Gasteiger partial charge < -0.3 is 37.5 Å². The summed E-state index contributed by atoms with van der Waals surface area (Å²) in [7, 11) is 0. The van der Waals surface area contributed by atoms with Gasteiger partial charge in [0.05, 0.1) is 18.8 Å². The molecule has 1 rings (SSSR count). The molecular formula is C19H31N7O6. The third kappa shape index (κ3) is 9.12. The Labute approximate surface area is 185 Å². The van der Waals surface area contributed by atoms with Gasteiger partial charge in [-0.25, -0.2) is 9.78 Å². The highest BCUT2D eigenvalue weighted by molar-refractivity contribution is 5.94. The van der Waals surface area contributed by atoms with E-state index < -0.39 is 60.2 Å². The average Bonchev–Trinajstić information content (AvgIpc) is 3.18. The van der Waals surface area contributed by atoms with Crippen LogP contribution in [0.1, 0.15) is 39.3 Å². The maximum Gasteiger partial charge on any atom is 0.326 e. The second-order valence-electron chi connectivity index (χ2n) is 7.88. The number of H-pyrrole nitrogens is 1. The quantitative estimate of drug-likeness (QED) is 0.172. The van der Waals surface area contributed by atoms with Crippen LogP contribution < -0.4 is 27.4 Å². The lowest BCUT2D eigenvalue weighted by Gasteiger charge is -2.24. The first-order valence-corrected chi connectivity index (χ1v) is 10.1. The van der Waals surface area contributed by atoms with Crippen molar-refractivity contribution in [3.05, 3.63) is 18.2 Å². The number of carboxylic acids is 1. The Morgan fingerprint density at radius 1 is 1.03 bits per heavy atom. The Kier molecular flexibility index (Phi) is 10.3. The molecule has 4 amide bonds. The van der Waals surface area contributed by atoms with E-state index in [2.05, 4.69) is 25.9 Å². The first-order chi connectivity index (χ1) is 14.9. The minimum absolute atomic E-state index is 0.0295. The van der Waals surface area contributed by atoms with Crippen LogP contribution in [-0.4, -0.2) is 68.8 Å². The number of imidazole rings is 1. The Hall–Kier alpha value is -3.48. The molecule has 4 atom stereocenters. The lowest BCUT2D eigenvalue weighted by atomic mass is 10.0. The molecule has 0 bridgehead atoms. The molecule has 0 saturated heterocycles. The Morgan fingerprint density at radius 2 is 1.66 bits per heavy atom. The number of nitrogens with two attached hydrogens (primary N) is 2. The van der Waals surface area contributed by atoms with E-state index in [1.54, 1.807) is 0 Å². The van der Waals surface area contributed by atoms with Crippen LogP contribution >= 0.6 is 0 Å². The zero-order valence-electron chi connectivity index (χ0n) is 18.3. The summed E-state index contributed by atoms with van der Waals surface area (Å²) in [6, 6.07) is -4.55. The molecule has 0 fully saturated rings. The second kappa shape index (κ2) is 12.4. The zero-order chi connectivity index (χ0) is 24.4. The predicted molar refractivity (Wildman–Crippen MR) is 113 cm³/mol. The van der Waals surface area contributed by atoms with Crippen molar-refractivity contribution < 1.29 is 29.1 Å². The molecule has 0 spiro atoms. The maximum absolute atomic E-state index is 12.6. The predicted octanol–water partition coefficient (Wildman–Crippen LogP) is -2.24. The van der Waals surface area contributed by atoms with Crippen LogP contribution in [0.5, 0.6) is 0 Å². The molecule has 0 aliphatic rings. The summed E-state index contributed by atoms with van der Waals surface area (Å²) in [5.74, 6) is -4.37.